The van der Waals surface area contributed by atoms with Gasteiger partial charge in [0.15, 0.2) is 0 Å². The Morgan fingerprint density at radius 2 is 1.86 bits per heavy atom. The number of nitrogens with zero attached hydrogens (tertiary/aromatic N) is 1. The van der Waals surface area contributed by atoms with Gasteiger partial charge in [0, 0.05) is 5.69 Å². The summed E-state index contributed by atoms with van der Waals surface area (Å²) in [5, 5.41) is 11.3. The molecule has 0 saturated carbocycles. The molecule has 1 aliphatic heterocycles. The van der Waals surface area contributed by atoms with E-state index >= 15 is 0 Å². The fourth-order valence-electron chi connectivity index (χ4n) is 2.28. The van der Waals surface area contributed by atoms with Gasteiger partial charge in [-0.3, -0.25) is 4.79 Å². The van der Waals surface area contributed by atoms with Crippen molar-refractivity contribution < 1.29 is 14.1 Å². The van der Waals surface area contributed by atoms with Crippen molar-refractivity contribution in [3.8, 4) is 6.07 Å². The number of nitrogens with one attached hydrogen (secondary N) is 1. The van der Waals surface area contributed by atoms with E-state index in [4.69, 9.17) is 14.6 Å². The molecule has 1 heterocycles. The van der Waals surface area contributed by atoms with Crippen LogP contribution in [0.3, 0.4) is 0 Å². The van der Waals surface area contributed by atoms with Crippen LogP contribution in [0.15, 0.2) is 18.2 Å². The van der Waals surface area contributed by atoms with E-state index < -0.39 is 18.3 Å². The quantitative estimate of drug-likeness (QED) is 0.868. The van der Waals surface area contributed by atoms with Crippen molar-refractivity contribution in [1.29, 1.82) is 5.26 Å². The molecule has 5 nitrogen and oxygen atoms in total. The second kappa shape index (κ2) is 5.75. The minimum Gasteiger partial charge on any atom is -0.399 e. The third-order valence-electron chi connectivity index (χ3n) is 4.40. The number of benzene rings is 1. The standard InChI is InChI=1S/C16H21BN2O3/c1-11-12(17-21-15(2,3)16(4,5)22-17)7-6-8-13(11)19-14(20)9-10-18/h6-8H,9H2,1-5H3,(H,19,20). The Morgan fingerprint density at radius 1 is 1.27 bits per heavy atom. The van der Waals surface area contributed by atoms with Crippen molar-refractivity contribution in [3.05, 3.63) is 23.8 Å². The Labute approximate surface area is 131 Å². The van der Waals surface area contributed by atoms with Crippen molar-refractivity contribution in [3.63, 3.8) is 0 Å². The number of carbonyl (C=O) groups excluding carboxylic acids is 1. The van der Waals surface area contributed by atoms with Gasteiger partial charge in [0.05, 0.1) is 17.3 Å². The van der Waals surface area contributed by atoms with Crippen LogP contribution < -0.4 is 10.8 Å². The SMILES string of the molecule is Cc1c(NC(=O)CC#N)cccc1B1OC(C)(C)C(C)(C)O1. The highest BCUT2D eigenvalue weighted by Gasteiger charge is 2.52. The largest absolute Gasteiger partial charge is 0.495 e. The van der Waals surface area contributed by atoms with Crippen molar-refractivity contribution in [1.82, 2.24) is 0 Å². The molecule has 1 aliphatic rings. The summed E-state index contributed by atoms with van der Waals surface area (Å²) in [4.78, 5) is 11.6. The first-order valence-electron chi connectivity index (χ1n) is 7.30. The van der Waals surface area contributed by atoms with Gasteiger partial charge in [-0.15, -0.1) is 0 Å². The average molecular weight is 300 g/mol. The van der Waals surface area contributed by atoms with E-state index in [1.807, 2.05) is 52.8 Å². The number of carbonyl (C=O) groups is 1. The first-order valence-corrected chi connectivity index (χ1v) is 7.30. The number of hydrogen-bond donors (Lipinski definition) is 1. The van der Waals surface area contributed by atoms with Crippen LogP contribution >= 0.6 is 0 Å². The molecule has 2 rings (SSSR count). The minimum atomic E-state index is -0.474. The third-order valence-corrected chi connectivity index (χ3v) is 4.40. The molecule has 0 bridgehead atoms. The third kappa shape index (κ3) is 3.01. The summed E-state index contributed by atoms with van der Waals surface area (Å²) < 4.78 is 12.1. The first-order chi connectivity index (χ1) is 10.2. The fourth-order valence-corrected chi connectivity index (χ4v) is 2.28. The highest BCUT2D eigenvalue weighted by atomic mass is 16.7. The van der Waals surface area contributed by atoms with E-state index in [1.54, 1.807) is 6.07 Å². The summed E-state index contributed by atoms with van der Waals surface area (Å²) in [6.07, 6.45) is -0.167. The van der Waals surface area contributed by atoms with Gasteiger partial charge in [-0.2, -0.15) is 5.26 Å². The lowest BCUT2D eigenvalue weighted by Gasteiger charge is -2.32. The van der Waals surface area contributed by atoms with Crippen molar-refractivity contribution in [2.45, 2.75) is 52.2 Å². The molecule has 1 aromatic carbocycles. The van der Waals surface area contributed by atoms with Crippen LogP contribution in [0.1, 0.15) is 39.7 Å². The predicted octanol–water partition coefficient (Wildman–Crippen LogP) is 2.15. The number of hydrogen-bond acceptors (Lipinski definition) is 4. The number of rotatable bonds is 3. The molecule has 1 aromatic rings. The van der Waals surface area contributed by atoms with Gasteiger partial charge in [-0.25, -0.2) is 0 Å². The van der Waals surface area contributed by atoms with Gasteiger partial charge in [-0.05, 0) is 51.7 Å². The average Bonchev–Trinajstić information content (AvgIpc) is 2.61. The molecule has 22 heavy (non-hydrogen) atoms. The highest BCUT2D eigenvalue weighted by molar-refractivity contribution is 6.62. The maximum Gasteiger partial charge on any atom is 0.495 e. The zero-order chi connectivity index (χ0) is 16.5. The molecule has 1 amide bonds. The smallest absolute Gasteiger partial charge is 0.399 e. The molecule has 116 valence electrons. The van der Waals surface area contributed by atoms with Crippen LogP contribution in [0.25, 0.3) is 0 Å². The maximum absolute atomic E-state index is 11.6. The van der Waals surface area contributed by atoms with Crippen LogP contribution in [-0.4, -0.2) is 24.2 Å². The van der Waals surface area contributed by atoms with Gasteiger partial charge in [0.25, 0.3) is 0 Å². The van der Waals surface area contributed by atoms with Crippen LogP contribution in [0, 0.1) is 18.3 Å². The van der Waals surface area contributed by atoms with E-state index in [9.17, 15) is 4.79 Å². The zero-order valence-electron chi connectivity index (χ0n) is 13.7. The fraction of sp³-hybridized carbons (Fsp3) is 0.500. The van der Waals surface area contributed by atoms with Gasteiger partial charge in [0.2, 0.25) is 5.91 Å². The molecule has 0 unspecified atom stereocenters. The monoisotopic (exact) mass is 300 g/mol. The molecule has 1 fully saturated rings. The molecule has 1 saturated heterocycles. The van der Waals surface area contributed by atoms with Gasteiger partial charge >= 0.3 is 7.12 Å². The Bertz CT molecular complexity index is 619. The van der Waals surface area contributed by atoms with Crippen molar-refractivity contribution in [2.24, 2.45) is 0 Å². The second-order valence-electron chi connectivity index (χ2n) is 6.49. The number of anilines is 1. The maximum atomic E-state index is 11.6. The summed E-state index contributed by atoms with van der Waals surface area (Å²) in [5.41, 5.74) is 1.61. The minimum absolute atomic E-state index is 0.167. The zero-order valence-corrected chi connectivity index (χ0v) is 13.7. The van der Waals surface area contributed by atoms with Crippen molar-refractivity contribution in [2.75, 3.05) is 5.32 Å². The van der Waals surface area contributed by atoms with Gasteiger partial charge in [0.1, 0.15) is 6.42 Å². The summed E-state index contributed by atoms with van der Waals surface area (Å²) in [5.74, 6) is -0.323. The van der Waals surface area contributed by atoms with Gasteiger partial charge < -0.3 is 14.6 Å². The molecule has 1 N–H and O–H groups in total. The van der Waals surface area contributed by atoms with Crippen LogP contribution in [0.2, 0.25) is 0 Å². The topological polar surface area (TPSA) is 71.4 Å². The normalized spacial score (nSPS) is 18.8. The van der Waals surface area contributed by atoms with E-state index in [2.05, 4.69) is 5.32 Å². The molecular formula is C16H21BN2O3. The number of amides is 1. The lowest BCUT2D eigenvalue weighted by atomic mass is 9.76. The molecule has 0 aromatic heterocycles. The second-order valence-corrected chi connectivity index (χ2v) is 6.49. The first kappa shape index (κ1) is 16.5. The summed E-state index contributed by atoms with van der Waals surface area (Å²) in [6.45, 7) is 9.91. The molecule has 0 radical (unpaired) electrons. The predicted molar refractivity (Wildman–Crippen MR) is 85.8 cm³/mol. The number of nitriles is 1. The van der Waals surface area contributed by atoms with Crippen LogP contribution in [0.4, 0.5) is 5.69 Å². The van der Waals surface area contributed by atoms with Crippen LogP contribution in [-0.2, 0) is 14.1 Å². The molecular weight excluding hydrogens is 279 g/mol. The Kier molecular flexibility index (Phi) is 4.32. The molecule has 6 heteroatoms. The molecule has 0 atom stereocenters. The Morgan fingerprint density at radius 3 is 2.41 bits per heavy atom. The Balaban J connectivity index is 2.27. The highest BCUT2D eigenvalue weighted by Crippen LogP contribution is 2.36. The lowest BCUT2D eigenvalue weighted by Crippen LogP contribution is -2.41. The van der Waals surface area contributed by atoms with Gasteiger partial charge in [-0.1, -0.05) is 12.1 Å². The van der Waals surface area contributed by atoms with E-state index in [0.29, 0.717) is 5.69 Å². The summed E-state index contributed by atoms with van der Waals surface area (Å²) >= 11 is 0. The van der Waals surface area contributed by atoms with E-state index in [1.165, 1.54) is 0 Å². The molecule has 0 aliphatic carbocycles. The summed E-state index contributed by atoms with van der Waals surface area (Å²) in [7, 11) is -0.474. The van der Waals surface area contributed by atoms with E-state index in [0.717, 1.165) is 11.0 Å². The lowest BCUT2D eigenvalue weighted by molar-refractivity contribution is -0.115. The molecule has 0 spiro atoms. The van der Waals surface area contributed by atoms with E-state index in [-0.39, 0.29) is 12.3 Å². The summed E-state index contributed by atoms with van der Waals surface area (Å²) in [6, 6.07) is 7.41. The van der Waals surface area contributed by atoms with Crippen LogP contribution in [0.5, 0.6) is 0 Å². The van der Waals surface area contributed by atoms with Crippen molar-refractivity contribution >= 4 is 24.2 Å². The Hall–Kier alpha value is -1.84.